The normalized spacial score (nSPS) is 9.38. The number of carbonyl (C=O) groups is 1. The lowest BCUT2D eigenvalue weighted by Crippen LogP contribution is -2.15. The summed E-state index contributed by atoms with van der Waals surface area (Å²) in [6, 6.07) is 0. The molecular weight excluding hydrogens is 194 g/mol. The predicted octanol–water partition coefficient (Wildman–Crippen LogP) is 0.715. The standard InChI is InChI=1S/C7H8ClN3O2/c1-13-6(12)3-10-7-5(8)2-9-4-11-7/h2,4H,3H2,1H3,(H,9,10,11). The molecule has 5 nitrogen and oxygen atoms in total. The van der Waals surface area contributed by atoms with Crippen molar-refractivity contribution >= 4 is 23.4 Å². The van der Waals surface area contributed by atoms with Gasteiger partial charge < -0.3 is 10.1 Å². The van der Waals surface area contributed by atoms with Gasteiger partial charge in [0.2, 0.25) is 0 Å². The molecule has 0 radical (unpaired) electrons. The number of nitrogens with zero attached hydrogens (tertiary/aromatic N) is 2. The molecule has 0 fully saturated rings. The fourth-order valence-corrected chi connectivity index (χ4v) is 0.843. The monoisotopic (exact) mass is 201 g/mol. The van der Waals surface area contributed by atoms with Gasteiger partial charge in [0.25, 0.3) is 0 Å². The highest BCUT2D eigenvalue weighted by Crippen LogP contribution is 2.15. The summed E-state index contributed by atoms with van der Waals surface area (Å²) < 4.78 is 4.42. The Morgan fingerprint density at radius 3 is 3.15 bits per heavy atom. The van der Waals surface area contributed by atoms with Crippen molar-refractivity contribution in [1.29, 1.82) is 0 Å². The molecule has 0 saturated carbocycles. The van der Waals surface area contributed by atoms with Gasteiger partial charge in [0, 0.05) is 0 Å². The zero-order valence-electron chi connectivity index (χ0n) is 6.95. The number of methoxy groups -OCH3 is 1. The van der Waals surface area contributed by atoms with E-state index >= 15 is 0 Å². The van der Waals surface area contributed by atoms with Crippen LogP contribution < -0.4 is 5.32 Å². The minimum atomic E-state index is -0.380. The Labute approximate surface area is 80.1 Å². The molecule has 1 heterocycles. The minimum Gasteiger partial charge on any atom is -0.468 e. The molecule has 0 saturated heterocycles. The van der Waals surface area contributed by atoms with Gasteiger partial charge in [-0.25, -0.2) is 9.97 Å². The Morgan fingerprint density at radius 1 is 1.77 bits per heavy atom. The van der Waals surface area contributed by atoms with E-state index in [0.29, 0.717) is 10.8 Å². The summed E-state index contributed by atoms with van der Waals surface area (Å²) in [6.07, 6.45) is 2.78. The fraction of sp³-hybridized carbons (Fsp3) is 0.286. The molecule has 0 atom stereocenters. The van der Waals surface area contributed by atoms with Crippen molar-refractivity contribution in [3.8, 4) is 0 Å². The van der Waals surface area contributed by atoms with Gasteiger partial charge in [-0.15, -0.1) is 0 Å². The smallest absolute Gasteiger partial charge is 0.325 e. The average Bonchev–Trinajstić information content (AvgIpc) is 2.16. The Bertz CT molecular complexity index is 306. The number of aromatic nitrogens is 2. The third kappa shape index (κ3) is 2.87. The zero-order chi connectivity index (χ0) is 9.68. The molecule has 13 heavy (non-hydrogen) atoms. The number of halogens is 1. The van der Waals surface area contributed by atoms with E-state index in [4.69, 9.17) is 11.6 Å². The molecule has 1 aromatic heterocycles. The van der Waals surface area contributed by atoms with Gasteiger partial charge in [0.05, 0.1) is 13.3 Å². The molecule has 1 rings (SSSR count). The lowest BCUT2D eigenvalue weighted by Gasteiger charge is -2.04. The fourth-order valence-electron chi connectivity index (χ4n) is 0.671. The third-order valence-electron chi connectivity index (χ3n) is 1.30. The maximum Gasteiger partial charge on any atom is 0.325 e. The summed E-state index contributed by atoms with van der Waals surface area (Å²) >= 11 is 5.71. The van der Waals surface area contributed by atoms with Crippen molar-refractivity contribution < 1.29 is 9.53 Å². The number of ether oxygens (including phenoxy) is 1. The lowest BCUT2D eigenvalue weighted by atomic mass is 10.5. The molecule has 70 valence electrons. The Balaban J connectivity index is 2.54. The van der Waals surface area contributed by atoms with Gasteiger partial charge in [0.15, 0.2) is 0 Å². The molecule has 0 bridgehead atoms. The highest BCUT2D eigenvalue weighted by atomic mass is 35.5. The third-order valence-corrected chi connectivity index (χ3v) is 1.57. The van der Waals surface area contributed by atoms with Crippen LogP contribution in [0.3, 0.4) is 0 Å². The number of hydrogen-bond acceptors (Lipinski definition) is 5. The molecule has 1 N–H and O–H groups in total. The van der Waals surface area contributed by atoms with Crippen molar-refractivity contribution in [2.24, 2.45) is 0 Å². The van der Waals surface area contributed by atoms with Crippen LogP contribution in [-0.2, 0) is 9.53 Å². The first-order valence-electron chi connectivity index (χ1n) is 3.50. The highest BCUT2D eigenvalue weighted by Gasteiger charge is 2.03. The molecule has 0 aliphatic heterocycles. The quantitative estimate of drug-likeness (QED) is 0.730. The van der Waals surface area contributed by atoms with E-state index in [0.717, 1.165) is 0 Å². The highest BCUT2D eigenvalue weighted by molar-refractivity contribution is 6.32. The van der Waals surface area contributed by atoms with Crippen molar-refractivity contribution in [2.45, 2.75) is 0 Å². The summed E-state index contributed by atoms with van der Waals surface area (Å²) in [5, 5.41) is 3.07. The van der Waals surface area contributed by atoms with Crippen LogP contribution in [0.1, 0.15) is 0 Å². The molecule has 6 heteroatoms. The minimum absolute atomic E-state index is 0.0350. The Hall–Kier alpha value is -1.36. The van der Waals surface area contributed by atoms with Crippen LogP contribution >= 0.6 is 11.6 Å². The zero-order valence-corrected chi connectivity index (χ0v) is 7.71. The van der Waals surface area contributed by atoms with Gasteiger partial charge in [-0.2, -0.15) is 0 Å². The summed E-state index contributed by atoms with van der Waals surface area (Å²) in [6.45, 7) is 0.0350. The summed E-state index contributed by atoms with van der Waals surface area (Å²) in [7, 11) is 1.31. The van der Waals surface area contributed by atoms with Crippen molar-refractivity contribution in [3.05, 3.63) is 17.5 Å². The number of carbonyl (C=O) groups excluding carboxylic acids is 1. The van der Waals surface area contributed by atoms with E-state index in [-0.39, 0.29) is 12.5 Å². The van der Waals surface area contributed by atoms with E-state index < -0.39 is 0 Å². The van der Waals surface area contributed by atoms with E-state index in [1.54, 1.807) is 0 Å². The van der Waals surface area contributed by atoms with Gasteiger partial charge >= 0.3 is 5.97 Å². The van der Waals surface area contributed by atoms with E-state index in [2.05, 4.69) is 20.0 Å². The van der Waals surface area contributed by atoms with Gasteiger partial charge in [-0.1, -0.05) is 11.6 Å². The SMILES string of the molecule is COC(=O)CNc1ncncc1Cl. The first-order chi connectivity index (χ1) is 6.24. The van der Waals surface area contributed by atoms with Crippen molar-refractivity contribution in [3.63, 3.8) is 0 Å². The molecule has 0 aliphatic rings. The van der Waals surface area contributed by atoms with E-state index in [1.165, 1.54) is 19.6 Å². The van der Waals surface area contributed by atoms with Gasteiger partial charge in [0.1, 0.15) is 23.7 Å². The largest absolute Gasteiger partial charge is 0.468 e. The maximum atomic E-state index is 10.7. The summed E-state index contributed by atoms with van der Waals surface area (Å²) in [5.41, 5.74) is 0. The lowest BCUT2D eigenvalue weighted by molar-refractivity contribution is -0.138. The molecule has 0 unspecified atom stereocenters. The topological polar surface area (TPSA) is 64.1 Å². The van der Waals surface area contributed by atoms with Crippen LogP contribution in [0, 0.1) is 0 Å². The van der Waals surface area contributed by atoms with Gasteiger partial charge in [-0.3, -0.25) is 4.79 Å². The first-order valence-corrected chi connectivity index (χ1v) is 3.88. The summed E-state index contributed by atoms with van der Waals surface area (Å²) in [5.74, 6) is 0.0387. The van der Waals surface area contributed by atoms with Crippen LogP contribution in [0.5, 0.6) is 0 Å². The average molecular weight is 202 g/mol. The predicted molar refractivity (Wildman–Crippen MR) is 47.5 cm³/mol. The molecule has 0 aliphatic carbocycles. The Morgan fingerprint density at radius 2 is 2.54 bits per heavy atom. The number of hydrogen-bond donors (Lipinski definition) is 1. The first kappa shape index (κ1) is 9.73. The number of nitrogens with one attached hydrogen (secondary N) is 1. The van der Waals surface area contributed by atoms with Crippen molar-refractivity contribution in [2.75, 3.05) is 19.0 Å². The molecule has 1 aromatic rings. The molecule has 0 spiro atoms. The number of rotatable bonds is 3. The van der Waals surface area contributed by atoms with Crippen LogP contribution in [0.15, 0.2) is 12.5 Å². The second-order valence-corrected chi connectivity index (χ2v) is 2.56. The second kappa shape index (κ2) is 4.61. The van der Waals surface area contributed by atoms with Gasteiger partial charge in [-0.05, 0) is 0 Å². The van der Waals surface area contributed by atoms with Crippen LogP contribution in [0.25, 0.3) is 0 Å². The van der Waals surface area contributed by atoms with Crippen LogP contribution in [0.2, 0.25) is 5.02 Å². The molecular formula is C7H8ClN3O2. The second-order valence-electron chi connectivity index (χ2n) is 2.15. The molecule has 0 aromatic carbocycles. The van der Waals surface area contributed by atoms with Crippen LogP contribution in [-0.4, -0.2) is 29.6 Å². The Kier molecular flexibility index (Phi) is 3.45. The number of esters is 1. The molecule has 0 amide bonds. The van der Waals surface area contributed by atoms with Crippen LogP contribution in [0.4, 0.5) is 5.82 Å². The van der Waals surface area contributed by atoms with E-state index in [1.807, 2.05) is 0 Å². The van der Waals surface area contributed by atoms with E-state index in [9.17, 15) is 4.79 Å². The summed E-state index contributed by atoms with van der Waals surface area (Å²) in [4.78, 5) is 18.2. The maximum absolute atomic E-state index is 10.7. The van der Waals surface area contributed by atoms with Crippen molar-refractivity contribution in [1.82, 2.24) is 9.97 Å². The number of anilines is 1.